The number of aromatic nitrogens is 2. The van der Waals surface area contributed by atoms with Crippen molar-refractivity contribution in [2.45, 2.75) is 45.8 Å². The Bertz CT molecular complexity index is 618. The van der Waals surface area contributed by atoms with E-state index in [1.54, 1.807) is 0 Å². The minimum atomic E-state index is 0.395. The van der Waals surface area contributed by atoms with Gasteiger partial charge in [-0.2, -0.15) is 5.10 Å². The molecule has 1 aromatic carbocycles. The highest BCUT2D eigenvalue weighted by Gasteiger charge is 2.24. The third-order valence-electron chi connectivity index (χ3n) is 3.96. The summed E-state index contributed by atoms with van der Waals surface area (Å²) in [5.41, 5.74) is 3.68. The minimum absolute atomic E-state index is 0.395. The average molecular weight is 285 g/mol. The van der Waals surface area contributed by atoms with Gasteiger partial charge in [-0.3, -0.25) is 4.68 Å². The molecule has 1 aliphatic heterocycles. The summed E-state index contributed by atoms with van der Waals surface area (Å²) in [5.74, 6) is 1.42. The molecule has 0 saturated carbocycles. The molecule has 1 atom stereocenters. The first-order valence-electron chi connectivity index (χ1n) is 7.61. The first-order valence-corrected chi connectivity index (χ1v) is 7.61. The average Bonchev–Trinajstić information content (AvgIpc) is 3.01. The number of para-hydroxylation sites is 1. The van der Waals surface area contributed by atoms with Crippen molar-refractivity contribution in [1.82, 2.24) is 15.1 Å². The normalized spacial score (nSPS) is 17.0. The van der Waals surface area contributed by atoms with Gasteiger partial charge in [-0.05, 0) is 13.0 Å². The lowest BCUT2D eigenvalue weighted by Gasteiger charge is -2.09. The van der Waals surface area contributed by atoms with E-state index < -0.39 is 0 Å². The standard InChI is InChI=1S/C17H23N3O/c1-12(2)18-8-14-9-20(19-13(14)3)10-15-11-21-17-7-5-4-6-16(15)17/h4-7,9,12,15,18H,8,10-11H2,1-3H3. The zero-order chi connectivity index (χ0) is 14.8. The Morgan fingerprint density at radius 1 is 1.38 bits per heavy atom. The van der Waals surface area contributed by atoms with E-state index in [9.17, 15) is 0 Å². The summed E-state index contributed by atoms with van der Waals surface area (Å²) in [7, 11) is 0. The number of nitrogens with zero attached hydrogens (tertiary/aromatic N) is 2. The molecule has 1 N–H and O–H groups in total. The second-order valence-electron chi connectivity index (χ2n) is 6.04. The Balaban J connectivity index is 1.70. The van der Waals surface area contributed by atoms with Crippen molar-refractivity contribution < 1.29 is 4.74 Å². The van der Waals surface area contributed by atoms with E-state index in [0.717, 1.165) is 31.1 Å². The zero-order valence-corrected chi connectivity index (χ0v) is 13.0. The van der Waals surface area contributed by atoms with Gasteiger partial charge in [0, 0.05) is 35.8 Å². The molecule has 0 aliphatic carbocycles. The van der Waals surface area contributed by atoms with E-state index >= 15 is 0 Å². The van der Waals surface area contributed by atoms with Gasteiger partial charge in [0.25, 0.3) is 0 Å². The van der Waals surface area contributed by atoms with Gasteiger partial charge in [0.2, 0.25) is 0 Å². The van der Waals surface area contributed by atoms with Crippen molar-refractivity contribution in [2.75, 3.05) is 6.61 Å². The number of aryl methyl sites for hydroxylation is 1. The highest BCUT2D eigenvalue weighted by molar-refractivity contribution is 5.39. The smallest absolute Gasteiger partial charge is 0.122 e. The van der Waals surface area contributed by atoms with E-state index in [-0.39, 0.29) is 0 Å². The fraction of sp³-hybridized carbons (Fsp3) is 0.471. The van der Waals surface area contributed by atoms with Crippen LogP contribution in [0.3, 0.4) is 0 Å². The van der Waals surface area contributed by atoms with Gasteiger partial charge in [-0.15, -0.1) is 0 Å². The number of ether oxygens (including phenoxy) is 1. The molecule has 3 rings (SSSR count). The van der Waals surface area contributed by atoms with E-state index in [4.69, 9.17) is 4.74 Å². The Labute approximate surface area is 126 Å². The maximum absolute atomic E-state index is 5.75. The van der Waals surface area contributed by atoms with Crippen LogP contribution in [-0.2, 0) is 13.1 Å². The van der Waals surface area contributed by atoms with Crippen LogP contribution in [0.5, 0.6) is 5.75 Å². The predicted octanol–water partition coefficient (Wildman–Crippen LogP) is 2.87. The SMILES string of the molecule is Cc1nn(CC2COc3ccccc32)cc1CNC(C)C. The highest BCUT2D eigenvalue weighted by Crippen LogP contribution is 2.34. The lowest BCUT2D eigenvalue weighted by atomic mass is 10.0. The van der Waals surface area contributed by atoms with Crippen LogP contribution < -0.4 is 10.1 Å². The minimum Gasteiger partial charge on any atom is -0.493 e. The molecule has 21 heavy (non-hydrogen) atoms. The second-order valence-corrected chi connectivity index (χ2v) is 6.04. The summed E-state index contributed by atoms with van der Waals surface area (Å²) in [6.07, 6.45) is 2.16. The maximum Gasteiger partial charge on any atom is 0.122 e. The Kier molecular flexibility index (Phi) is 3.97. The largest absolute Gasteiger partial charge is 0.493 e. The van der Waals surface area contributed by atoms with Crippen molar-refractivity contribution in [1.29, 1.82) is 0 Å². The molecule has 4 heteroatoms. The van der Waals surface area contributed by atoms with Crippen LogP contribution in [0.1, 0.15) is 36.6 Å². The lowest BCUT2D eigenvalue weighted by molar-refractivity contribution is 0.315. The Morgan fingerprint density at radius 3 is 3.00 bits per heavy atom. The molecule has 4 nitrogen and oxygen atoms in total. The first kappa shape index (κ1) is 14.1. The molecule has 0 saturated heterocycles. The predicted molar refractivity (Wildman–Crippen MR) is 83.6 cm³/mol. The van der Waals surface area contributed by atoms with Crippen molar-refractivity contribution >= 4 is 0 Å². The molecule has 0 bridgehead atoms. The molecule has 112 valence electrons. The van der Waals surface area contributed by atoms with Gasteiger partial charge in [0.15, 0.2) is 0 Å². The van der Waals surface area contributed by atoms with Crippen molar-refractivity contribution in [3.8, 4) is 5.75 Å². The molecule has 0 amide bonds. The van der Waals surface area contributed by atoms with Crippen molar-refractivity contribution in [3.63, 3.8) is 0 Å². The molecule has 1 aliphatic rings. The van der Waals surface area contributed by atoms with Crippen molar-refractivity contribution in [2.24, 2.45) is 0 Å². The summed E-state index contributed by atoms with van der Waals surface area (Å²) < 4.78 is 7.80. The zero-order valence-electron chi connectivity index (χ0n) is 13.0. The van der Waals surface area contributed by atoms with Crippen LogP contribution in [0.25, 0.3) is 0 Å². The quantitative estimate of drug-likeness (QED) is 0.918. The van der Waals surface area contributed by atoms with Crippen LogP contribution in [0.4, 0.5) is 0 Å². The monoisotopic (exact) mass is 285 g/mol. The van der Waals surface area contributed by atoms with Crippen LogP contribution in [0.15, 0.2) is 30.5 Å². The Hall–Kier alpha value is -1.81. The molecule has 0 spiro atoms. The molecular weight excluding hydrogens is 262 g/mol. The van der Waals surface area contributed by atoms with Crippen LogP contribution >= 0.6 is 0 Å². The lowest BCUT2D eigenvalue weighted by Crippen LogP contribution is -2.21. The van der Waals surface area contributed by atoms with Gasteiger partial charge in [-0.25, -0.2) is 0 Å². The number of hydrogen-bond acceptors (Lipinski definition) is 3. The fourth-order valence-corrected chi connectivity index (χ4v) is 2.75. The van der Waals surface area contributed by atoms with Crippen LogP contribution in [0, 0.1) is 6.92 Å². The first-order chi connectivity index (χ1) is 10.1. The summed E-state index contributed by atoms with van der Waals surface area (Å²) >= 11 is 0. The van der Waals surface area contributed by atoms with Gasteiger partial charge in [0.05, 0.1) is 18.8 Å². The number of nitrogens with one attached hydrogen (secondary N) is 1. The van der Waals surface area contributed by atoms with Gasteiger partial charge in [0.1, 0.15) is 5.75 Å². The van der Waals surface area contributed by atoms with E-state index in [1.807, 2.05) is 12.1 Å². The molecule has 0 radical (unpaired) electrons. The fourth-order valence-electron chi connectivity index (χ4n) is 2.75. The Morgan fingerprint density at radius 2 is 2.19 bits per heavy atom. The van der Waals surface area contributed by atoms with E-state index in [2.05, 4.69) is 54.2 Å². The van der Waals surface area contributed by atoms with E-state index in [1.165, 1.54) is 11.1 Å². The number of benzene rings is 1. The van der Waals surface area contributed by atoms with Crippen molar-refractivity contribution in [3.05, 3.63) is 47.3 Å². The van der Waals surface area contributed by atoms with Gasteiger partial charge >= 0.3 is 0 Å². The molecule has 2 aromatic rings. The second kappa shape index (κ2) is 5.90. The summed E-state index contributed by atoms with van der Waals surface area (Å²) in [6, 6.07) is 8.79. The topological polar surface area (TPSA) is 39.1 Å². The number of fused-ring (bicyclic) bond motifs is 1. The summed E-state index contributed by atoms with van der Waals surface area (Å²) in [6.45, 7) is 8.89. The molecule has 1 aromatic heterocycles. The maximum atomic E-state index is 5.75. The molecule has 0 fully saturated rings. The number of rotatable bonds is 5. The number of hydrogen-bond donors (Lipinski definition) is 1. The summed E-state index contributed by atoms with van der Waals surface area (Å²) in [5, 5.41) is 8.09. The van der Waals surface area contributed by atoms with Gasteiger partial charge < -0.3 is 10.1 Å². The van der Waals surface area contributed by atoms with Crippen LogP contribution in [-0.4, -0.2) is 22.4 Å². The van der Waals surface area contributed by atoms with Crippen LogP contribution in [0.2, 0.25) is 0 Å². The third-order valence-corrected chi connectivity index (χ3v) is 3.96. The molecular formula is C17H23N3O. The summed E-state index contributed by atoms with van der Waals surface area (Å²) in [4.78, 5) is 0. The van der Waals surface area contributed by atoms with Gasteiger partial charge in [-0.1, -0.05) is 32.0 Å². The third kappa shape index (κ3) is 3.10. The van der Waals surface area contributed by atoms with E-state index in [0.29, 0.717) is 12.0 Å². The molecule has 2 heterocycles. The molecule has 1 unspecified atom stereocenters. The highest BCUT2D eigenvalue weighted by atomic mass is 16.5.